The Balaban J connectivity index is 1.44. The number of rotatable bonds is 7. The Morgan fingerprint density at radius 2 is 1.64 bits per heavy atom. The zero-order chi connectivity index (χ0) is 36.6. The van der Waals surface area contributed by atoms with Gasteiger partial charge in [0.15, 0.2) is 5.58 Å². The maximum Gasteiger partial charge on any atom is 0.414 e. The van der Waals surface area contributed by atoms with E-state index in [9.17, 15) is 31.9 Å². The van der Waals surface area contributed by atoms with Gasteiger partial charge in [-0.1, -0.05) is 0 Å². The summed E-state index contributed by atoms with van der Waals surface area (Å²) in [5, 5.41) is 7.70. The minimum atomic E-state index is -4.57. The first kappa shape index (κ1) is 36.6. The number of ether oxygens (including phenoxy) is 2. The zero-order valence-electron chi connectivity index (χ0n) is 28.6. The second-order valence-electron chi connectivity index (χ2n) is 14.5. The molecule has 2 aliphatic rings. The quantitative estimate of drug-likeness (QED) is 0.240. The molecule has 17 heteroatoms. The monoisotopic (exact) mass is 707 g/mol. The Labute approximate surface area is 286 Å². The van der Waals surface area contributed by atoms with E-state index >= 15 is 0 Å². The van der Waals surface area contributed by atoms with Crippen molar-refractivity contribution in [3.63, 3.8) is 0 Å². The minimum Gasteiger partial charge on any atom is -0.444 e. The second kappa shape index (κ2) is 13.9. The lowest BCUT2D eigenvalue weighted by Gasteiger charge is -2.40. The molecule has 2 unspecified atom stereocenters. The molecule has 13 nitrogen and oxygen atoms in total. The van der Waals surface area contributed by atoms with E-state index in [4.69, 9.17) is 13.9 Å². The number of fused-ring (bicyclic) bond motifs is 1. The minimum absolute atomic E-state index is 0.0245. The molecule has 3 N–H and O–H groups in total. The van der Waals surface area contributed by atoms with Gasteiger partial charge in [0.1, 0.15) is 28.5 Å². The molecule has 2 aliphatic heterocycles. The average molecular weight is 708 g/mol. The third-order valence-electron chi connectivity index (χ3n) is 7.77. The van der Waals surface area contributed by atoms with Crippen LogP contribution in [0.2, 0.25) is 0 Å². The first-order valence-electron chi connectivity index (χ1n) is 16.1. The number of nitrogens with zero attached hydrogens (tertiary/aromatic N) is 4. The SMILES string of the molecule is CC(C)(C)OC(=O)Nc1oc2cc(CN3CC(F)C3)cnc2c1C(=O)Nc1cnccc1N1CC(NC(=O)OC(C)(C)C)CC(C(F)(F)F)C1. The fourth-order valence-electron chi connectivity index (χ4n) is 5.75. The molecule has 0 saturated carbocycles. The zero-order valence-corrected chi connectivity index (χ0v) is 28.6. The molecule has 0 aliphatic carbocycles. The number of pyridine rings is 2. The van der Waals surface area contributed by atoms with Crippen LogP contribution in [0.3, 0.4) is 0 Å². The van der Waals surface area contributed by atoms with Crippen LogP contribution in [0.5, 0.6) is 0 Å². The third kappa shape index (κ3) is 9.31. The van der Waals surface area contributed by atoms with Crippen LogP contribution in [0.25, 0.3) is 11.1 Å². The predicted molar refractivity (Wildman–Crippen MR) is 176 cm³/mol. The van der Waals surface area contributed by atoms with Crippen LogP contribution in [-0.2, 0) is 16.0 Å². The number of carbonyl (C=O) groups is 3. The summed E-state index contributed by atoms with van der Waals surface area (Å²) in [6, 6.07) is 2.15. The molecule has 0 radical (unpaired) electrons. The summed E-state index contributed by atoms with van der Waals surface area (Å²) in [5.41, 5.74) is -0.706. The van der Waals surface area contributed by atoms with Crippen molar-refractivity contribution in [1.82, 2.24) is 20.2 Å². The third-order valence-corrected chi connectivity index (χ3v) is 7.77. The lowest BCUT2D eigenvalue weighted by molar-refractivity contribution is -0.177. The lowest BCUT2D eigenvalue weighted by Crippen LogP contribution is -2.54. The number of amides is 3. The number of nitrogens with one attached hydrogen (secondary N) is 3. The molecule has 5 rings (SSSR count). The fourth-order valence-corrected chi connectivity index (χ4v) is 5.75. The summed E-state index contributed by atoms with van der Waals surface area (Å²) in [5.74, 6) is -2.88. The Bertz CT molecular complexity index is 1730. The Morgan fingerprint density at radius 1 is 0.960 bits per heavy atom. The van der Waals surface area contributed by atoms with E-state index in [1.54, 1.807) is 47.6 Å². The number of carbonyl (C=O) groups excluding carboxylic acids is 3. The van der Waals surface area contributed by atoms with Crippen LogP contribution in [0.1, 0.15) is 63.9 Å². The van der Waals surface area contributed by atoms with Crippen molar-refractivity contribution in [2.45, 2.75) is 84.1 Å². The van der Waals surface area contributed by atoms with E-state index in [1.165, 1.54) is 29.6 Å². The highest BCUT2D eigenvalue weighted by Gasteiger charge is 2.45. The van der Waals surface area contributed by atoms with Crippen molar-refractivity contribution < 1.29 is 45.8 Å². The van der Waals surface area contributed by atoms with Gasteiger partial charge < -0.3 is 29.4 Å². The maximum absolute atomic E-state index is 14.1. The Hall–Kier alpha value is -4.67. The van der Waals surface area contributed by atoms with Gasteiger partial charge in [-0.3, -0.25) is 25.0 Å². The van der Waals surface area contributed by atoms with Crippen LogP contribution < -0.4 is 20.9 Å². The summed E-state index contributed by atoms with van der Waals surface area (Å²) in [4.78, 5) is 51.0. The van der Waals surface area contributed by atoms with E-state index in [-0.39, 0.29) is 60.0 Å². The van der Waals surface area contributed by atoms with Gasteiger partial charge in [0.25, 0.3) is 5.91 Å². The summed E-state index contributed by atoms with van der Waals surface area (Å²) >= 11 is 0. The Morgan fingerprint density at radius 3 is 2.28 bits per heavy atom. The summed E-state index contributed by atoms with van der Waals surface area (Å²) in [6.07, 6.45) is -3.44. The second-order valence-corrected chi connectivity index (χ2v) is 14.5. The highest BCUT2D eigenvalue weighted by molar-refractivity contribution is 6.16. The number of aromatic nitrogens is 2. The van der Waals surface area contributed by atoms with Crippen molar-refractivity contribution >= 4 is 46.5 Å². The molecule has 2 atom stereocenters. The standard InChI is InChI=1S/C33H41F4N7O6/c1-31(2,3)49-29(46)40-21-10-19(33(35,36)37)14-44(17-21)23-7-8-38-12-22(23)41-27(45)25-26-24(48-28(25)42-30(47)50-32(4,5)6)9-18(11-39-26)13-43-15-20(34)16-43/h7-9,11-12,19-21H,10,13-17H2,1-6H3,(H,40,46)(H,41,45)(H,42,47). The van der Waals surface area contributed by atoms with Crippen LogP contribution >= 0.6 is 0 Å². The number of likely N-dealkylation sites (tertiary alicyclic amines) is 1. The molecular formula is C33H41F4N7O6. The number of alkyl halides is 4. The van der Waals surface area contributed by atoms with Gasteiger partial charge >= 0.3 is 18.4 Å². The molecular weight excluding hydrogens is 666 g/mol. The molecule has 3 aromatic rings. The number of hydrogen-bond donors (Lipinski definition) is 3. The van der Waals surface area contributed by atoms with Crippen molar-refractivity contribution in [2.24, 2.45) is 5.92 Å². The number of piperidine rings is 1. The van der Waals surface area contributed by atoms with E-state index in [1.807, 2.05) is 4.90 Å². The van der Waals surface area contributed by atoms with Gasteiger partial charge in [-0.15, -0.1) is 0 Å². The number of halogens is 4. The number of anilines is 3. The van der Waals surface area contributed by atoms with Gasteiger partial charge in [-0.2, -0.15) is 13.2 Å². The van der Waals surface area contributed by atoms with Gasteiger partial charge in [0.2, 0.25) is 5.88 Å². The molecule has 50 heavy (non-hydrogen) atoms. The average Bonchev–Trinajstić information content (AvgIpc) is 3.30. The van der Waals surface area contributed by atoms with Crippen molar-refractivity contribution in [3.05, 3.63) is 41.9 Å². The van der Waals surface area contributed by atoms with Crippen molar-refractivity contribution in [1.29, 1.82) is 0 Å². The molecule has 2 fully saturated rings. The van der Waals surface area contributed by atoms with Gasteiger partial charge in [-0.05, 0) is 65.7 Å². The molecule has 0 spiro atoms. The molecule has 2 saturated heterocycles. The largest absolute Gasteiger partial charge is 0.444 e. The summed E-state index contributed by atoms with van der Waals surface area (Å²) in [6.45, 7) is 10.4. The molecule has 0 aromatic carbocycles. The van der Waals surface area contributed by atoms with E-state index in [2.05, 4.69) is 25.9 Å². The predicted octanol–water partition coefficient (Wildman–Crippen LogP) is 6.26. The molecule has 3 amide bonds. The van der Waals surface area contributed by atoms with Crippen LogP contribution in [-0.4, -0.2) is 88.7 Å². The Kier molecular flexibility index (Phi) is 10.2. The van der Waals surface area contributed by atoms with E-state index < -0.39 is 60.1 Å². The van der Waals surface area contributed by atoms with Crippen molar-refractivity contribution in [3.8, 4) is 0 Å². The van der Waals surface area contributed by atoms with Crippen LogP contribution in [0, 0.1) is 5.92 Å². The first-order chi connectivity index (χ1) is 23.2. The van der Waals surface area contributed by atoms with Gasteiger partial charge in [0.05, 0.1) is 29.5 Å². The lowest BCUT2D eigenvalue weighted by atomic mass is 9.93. The normalized spacial score (nSPS) is 19.1. The molecule has 5 heterocycles. The van der Waals surface area contributed by atoms with Gasteiger partial charge in [-0.25, -0.2) is 14.0 Å². The number of furan rings is 1. The summed E-state index contributed by atoms with van der Waals surface area (Å²) < 4.78 is 72.2. The molecule has 3 aromatic heterocycles. The molecule has 0 bridgehead atoms. The number of alkyl carbamates (subject to hydrolysis) is 1. The smallest absolute Gasteiger partial charge is 0.414 e. The highest BCUT2D eigenvalue weighted by atomic mass is 19.4. The fraction of sp³-hybridized carbons (Fsp3) is 0.545. The highest BCUT2D eigenvalue weighted by Crippen LogP contribution is 2.38. The van der Waals surface area contributed by atoms with E-state index in [0.29, 0.717) is 12.1 Å². The van der Waals surface area contributed by atoms with E-state index in [0.717, 1.165) is 0 Å². The van der Waals surface area contributed by atoms with Crippen LogP contribution in [0.15, 0.2) is 35.1 Å². The molecule has 272 valence electrons. The van der Waals surface area contributed by atoms with Crippen molar-refractivity contribution in [2.75, 3.05) is 41.7 Å². The first-order valence-corrected chi connectivity index (χ1v) is 16.1. The summed E-state index contributed by atoms with van der Waals surface area (Å²) in [7, 11) is 0. The van der Waals surface area contributed by atoms with Gasteiger partial charge in [0, 0.05) is 45.1 Å². The number of hydrogen-bond acceptors (Lipinski definition) is 10. The topological polar surface area (TPSA) is 151 Å². The van der Waals surface area contributed by atoms with Crippen LogP contribution in [0.4, 0.5) is 44.4 Å². The maximum atomic E-state index is 14.1.